The van der Waals surface area contributed by atoms with Gasteiger partial charge in [0.1, 0.15) is 36.3 Å². The SMILES string of the molecule is COc1ccc(NC(=O)C2=C(C)Nc3ncnn3[C@@H]2c2ccc(OCc3ccccc3F)c(OC)c2)c(OC)c1. The first-order valence-corrected chi connectivity index (χ1v) is 12.4. The van der Waals surface area contributed by atoms with Crippen LogP contribution in [0.2, 0.25) is 0 Å². The lowest BCUT2D eigenvalue weighted by atomic mass is 9.94. The highest BCUT2D eigenvalue weighted by Crippen LogP contribution is 2.39. The molecule has 10 nitrogen and oxygen atoms in total. The van der Waals surface area contributed by atoms with Crippen LogP contribution in [0.3, 0.4) is 0 Å². The number of carbonyl (C=O) groups excluding carboxylic acids is 1. The van der Waals surface area contributed by atoms with E-state index in [-0.39, 0.29) is 18.3 Å². The Balaban J connectivity index is 1.48. The minimum atomic E-state index is -0.641. The van der Waals surface area contributed by atoms with Crippen molar-refractivity contribution in [1.29, 1.82) is 0 Å². The predicted molar refractivity (Wildman–Crippen MR) is 146 cm³/mol. The summed E-state index contributed by atoms with van der Waals surface area (Å²) >= 11 is 0. The van der Waals surface area contributed by atoms with Gasteiger partial charge in [-0.2, -0.15) is 10.1 Å². The van der Waals surface area contributed by atoms with Crippen LogP contribution in [0, 0.1) is 5.82 Å². The second kappa shape index (κ2) is 11.4. The second-order valence-corrected chi connectivity index (χ2v) is 8.91. The number of carbonyl (C=O) groups is 1. The number of aromatic nitrogens is 3. The molecule has 1 aromatic heterocycles. The van der Waals surface area contributed by atoms with E-state index in [4.69, 9.17) is 18.9 Å². The van der Waals surface area contributed by atoms with E-state index in [0.29, 0.717) is 57.0 Å². The van der Waals surface area contributed by atoms with Gasteiger partial charge in [-0.25, -0.2) is 9.07 Å². The zero-order chi connectivity index (χ0) is 28.2. The van der Waals surface area contributed by atoms with Crippen LogP contribution in [-0.4, -0.2) is 42.0 Å². The Hall–Kier alpha value is -5.06. The van der Waals surface area contributed by atoms with Crippen molar-refractivity contribution >= 4 is 17.5 Å². The van der Waals surface area contributed by atoms with Gasteiger partial charge in [0.15, 0.2) is 11.5 Å². The van der Waals surface area contributed by atoms with Crippen LogP contribution >= 0.6 is 0 Å². The molecule has 0 spiro atoms. The summed E-state index contributed by atoms with van der Waals surface area (Å²) < 4.78 is 37.9. The third-order valence-corrected chi connectivity index (χ3v) is 6.54. The maximum atomic E-state index is 14.1. The van der Waals surface area contributed by atoms with Gasteiger partial charge in [0.05, 0.1) is 32.6 Å². The number of halogens is 1. The average molecular weight is 546 g/mol. The zero-order valence-electron chi connectivity index (χ0n) is 22.4. The number of rotatable bonds is 9. The Labute approximate surface area is 230 Å². The van der Waals surface area contributed by atoms with Crippen molar-refractivity contribution < 1.29 is 28.1 Å². The number of amides is 1. The molecule has 11 heteroatoms. The highest BCUT2D eigenvalue weighted by molar-refractivity contribution is 6.06. The molecule has 4 aromatic rings. The standard InChI is InChI=1S/C29H28FN5O5/c1-17-26(28(36)34-22-11-10-20(37-2)14-24(22)38-3)27(35-29(33-17)31-16-32-35)18-9-12-23(25(13-18)39-4)40-15-19-7-5-6-8-21(19)30/h5-14,16,27H,15H2,1-4H3,(H,34,36)(H,31,32,33)/t27-/m1/s1. The van der Waals surface area contributed by atoms with Crippen LogP contribution in [0.4, 0.5) is 16.0 Å². The minimum Gasteiger partial charge on any atom is -0.497 e. The van der Waals surface area contributed by atoms with E-state index in [9.17, 15) is 9.18 Å². The number of benzene rings is 3. The van der Waals surface area contributed by atoms with Gasteiger partial charge in [-0.1, -0.05) is 24.3 Å². The van der Waals surface area contributed by atoms with Gasteiger partial charge in [-0.3, -0.25) is 4.79 Å². The lowest BCUT2D eigenvalue weighted by Gasteiger charge is -2.29. The van der Waals surface area contributed by atoms with Crippen molar-refractivity contribution in [2.75, 3.05) is 32.0 Å². The molecule has 40 heavy (non-hydrogen) atoms. The maximum Gasteiger partial charge on any atom is 0.255 e. The zero-order valence-corrected chi connectivity index (χ0v) is 22.4. The number of nitrogens with zero attached hydrogens (tertiary/aromatic N) is 3. The third-order valence-electron chi connectivity index (χ3n) is 6.54. The number of hydrogen-bond donors (Lipinski definition) is 2. The van der Waals surface area contributed by atoms with E-state index in [1.807, 2.05) is 6.07 Å². The molecular weight excluding hydrogens is 517 g/mol. The molecule has 0 fully saturated rings. The van der Waals surface area contributed by atoms with Crippen LogP contribution in [-0.2, 0) is 11.4 Å². The van der Waals surface area contributed by atoms with E-state index in [2.05, 4.69) is 20.7 Å². The molecule has 5 rings (SSSR count). The number of fused-ring (bicyclic) bond motifs is 1. The molecule has 3 aromatic carbocycles. The lowest BCUT2D eigenvalue weighted by Crippen LogP contribution is -2.31. The molecule has 1 atom stereocenters. The van der Waals surface area contributed by atoms with Gasteiger partial charge in [-0.15, -0.1) is 0 Å². The van der Waals surface area contributed by atoms with Gasteiger partial charge in [0.2, 0.25) is 5.95 Å². The van der Waals surface area contributed by atoms with Gasteiger partial charge in [-0.05, 0) is 42.8 Å². The molecule has 0 radical (unpaired) electrons. The summed E-state index contributed by atoms with van der Waals surface area (Å²) in [5.74, 6) is 1.67. The van der Waals surface area contributed by atoms with Crippen molar-refractivity contribution in [3.05, 3.63) is 95.2 Å². The molecule has 2 N–H and O–H groups in total. The van der Waals surface area contributed by atoms with E-state index in [1.54, 1.807) is 67.2 Å². The molecule has 1 aliphatic heterocycles. The summed E-state index contributed by atoms with van der Waals surface area (Å²) in [6.07, 6.45) is 1.42. The lowest BCUT2D eigenvalue weighted by molar-refractivity contribution is -0.113. The van der Waals surface area contributed by atoms with Crippen molar-refractivity contribution in [1.82, 2.24) is 14.8 Å². The van der Waals surface area contributed by atoms with Gasteiger partial charge in [0.25, 0.3) is 5.91 Å². The first-order chi connectivity index (χ1) is 19.4. The second-order valence-electron chi connectivity index (χ2n) is 8.91. The average Bonchev–Trinajstić information content (AvgIpc) is 3.44. The number of anilines is 2. The predicted octanol–water partition coefficient (Wildman–Crippen LogP) is 4.95. The first-order valence-electron chi connectivity index (χ1n) is 12.4. The van der Waals surface area contributed by atoms with E-state index in [0.717, 1.165) is 0 Å². The van der Waals surface area contributed by atoms with Crippen molar-refractivity contribution in [2.24, 2.45) is 0 Å². The highest BCUT2D eigenvalue weighted by Gasteiger charge is 2.34. The molecule has 1 amide bonds. The van der Waals surface area contributed by atoms with Crippen molar-refractivity contribution in [2.45, 2.75) is 19.6 Å². The van der Waals surface area contributed by atoms with Gasteiger partial charge < -0.3 is 29.6 Å². The Morgan fingerprint density at radius 2 is 1.80 bits per heavy atom. The Morgan fingerprint density at radius 3 is 2.55 bits per heavy atom. The molecule has 0 bridgehead atoms. The van der Waals surface area contributed by atoms with Gasteiger partial charge in [0, 0.05) is 17.3 Å². The molecule has 0 saturated carbocycles. The van der Waals surface area contributed by atoms with E-state index < -0.39 is 6.04 Å². The van der Waals surface area contributed by atoms with Crippen LogP contribution in [0.1, 0.15) is 24.1 Å². The smallest absolute Gasteiger partial charge is 0.255 e. The molecule has 206 valence electrons. The van der Waals surface area contributed by atoms with Crippen LogP contribution in [0.15, 0.2) is 78.3 Å². The third kappa shape index (κ3) is 5.13. The van der Waals surface area contributed by atoms with E-state index in [1.165, 1.54) is 26.6 Å². The largest absolute Gasteiger partial charge is 0.497 e. The van der Waals surface area contributed by atoms with Crippen molar-refractivity contribution in [3.63, 3.8) is 0 Å². The van der Waals surface area contributed by atoms with Crippen LogP contribution in [0.5, 0.6) is 23.0 Å². The summed E-state index contributed by atoms with van der Waals surface area (Å²) in [6.45, 7) is 1.83. The van der Waals surface area contributed by atoms with E-state index >= 15 is 0 Å². The van der Waals surface area contributed by atoms with Crippen LogP contribution in [0.25, 0.3) is 0 Å². The minimum absolute atomic E-state index is 0.0271. The van der Waals surface area contributed by atoms with Crippen LogP contribution < -0.4 is 29.6 Å². The van der Waals surface area contributed by atoms with Gasteiger partial charge >= 0.3 is 0 Å². The summed E-state index contributed by atoms with van der Waals surface area (Å²) in [5, 5.41) is 10.5. The fourth-order valence-corrected chi connectivity index (χ4v) is 4.53. The fourth-order valence-electron chi connectivity index (χ4n) is 4.53. The van der Waals surface area contributed by atoms with Crippen molar-refractivity contribution in [3.8, 4) is 23.0 Å². The number of nitrogens with one attached hydrogen (secondary N) is 2. The normalized spacial score (nSPS) is 14.2. The topological polar surface area (TPSA) is 109 Å². The molecule has 1 aliphatic rings. The quantitative estimate of drug-likeness (QED) is 0.304. The molecule has 0 saturated heterocycles. The molecular formula is C29H28FN5O5. The molecule has 0 unspecified atom stereocenters. The number of hydrogen-bond acceptors (Lipinski definition) is 8. The Kier molecular flexibility index (Phi) is 7.54. The number of methoxy groups -OCH3 is 3. The highest BCUT2D eigenvalue weighted by atomic mass is 19.1. The molecule has 2 heterocycles. The summed E-state index contributed by atoms with van der Waals surface area (Å²) in [6, 6.07) is 16.2. The monoisotopic (exact) mass is 545 g/mol. The summed E-state index contributed by atoms with van der Waals surface area (Å²) in [5.41, 5.74) is 2.62. The summed E-state index contributed by atoms with van der Waals surface area (Å²) in [4.78, 5) is 18.1. The Bertz CT molecular complexity index is 1580. The Morgan fingerprint density at radius 1 is 1.00 bits per heavy atom. The molecule has 0 aliphatic carbocycles. The number of allylic oxidation sites excluding steroid dienone is 1. The maximum absolute atomic E-state index is 14.1. The fraction of sp³-hybridized carbons (Fsp3) is 0.207. The summed E-state index contributed by atoms with van der Waals surface area (Å²) in [7, 11) is 4.59. The number of ether oxygens (including phenoxy) is 4. The first kappa shape index (κ1) is 26.5.